The van der Waals surface area contributed by atoms with Crippen molar-refractivity contribution in [1.82, 2.24) is 10.6 Å². The minimum absolute atomic E-state index is 0.0188. The molecule has 0 radical (unpaired) electrons. The second-order valence-corrected chi connectivity index (χ2v) is 6.20. The van der Waals surface area contributed by atoms with Gasteiger partial charge in [-0.05, 0) is 24.6 Å². The molecule has 0 spiro atoms. The van der Waals surface area contributed by atoms with Crippen LogP contribution in [-0.4, -0.2) is 25.4 Å². The molecule has 2 amide bonds. The summed E-state index contributed by atoms with van der Waals surface area (Å²) in [6.07, 6.45) is 0.0935. The summed E-state index contributed by atoms with van der Waals surface area (Å²) in [6, 6.07) is 4.18. The number of amides is 2. The quantitative estimate of drug-likeness (QED) is 0.584. The number of carbonyl (C=O) groups excluding carboxylic acids is 2. The van der Waals surface area contributed by atoms with E-state index >= 15 is 0 Å². The first-order chi connectivity index (χ1) is 12.0. The molecule has 1 aromatic rings. The fraction of sp³-hybridized carbons (Fsp3) is 0.312. The van der Waals surface area contributed by atoms with Crippen LogP contribution in [0.15, 0.2) is 27.9 Å². The maximum Gasteiger partial charge on any atom is 0.338 e. The normalized spacial score (nSPS) is 18.3. The molecule has 2 aliphatic heterocycles. The van der Waals surface area contributed by atoms with E-state index in [9.17, 15) is 9.59 Å². The SMILES string of the molecule is CC1=C(C(=O)OCCC#N)[C@H](c2cc3c(cc2Br)OCO3)NC(=O)N1. The van der Waals surface area contributed by atoms with Gasteiger partial charge in [-0.2, -0.15) is 5.26 Å². The van der Waals surface area contributed by atoms with Crippen LogP contribution < -0.4 is 20.1 Å². The summed E-state index contributed by atoms with van der Waals surface area (Å²) < 4.78 is 16.5. The third kappa shape index (κ3) is 3.39. The first kappa shape index (κ1) is 17.1. The number of urea groups is 1. The summed E-state index contributed by atoms with van der Waals surface area (Å²) in [5.41, 5.74) is 1.28. The van der Waals surface area contributed by atoms with Crippen molar-refractivity contribution >= 4 is 27.9 Å². The van der Waals surface area contributed by atoms with Gasteiger partial charge >= 0.3 is 12.0 Å². The maximum atomic E-state index is 12.5. The van der Waals surface area contributed by atoms with Crippen molar-refractivity contribution in [3.63, 3.8) is 0 Å². The zero-order valence-electron chi connectivity index (χ0n) is 13.2. The number of nitrogens with one attached hydrogen (secondary N) is 2. The molecule has 0 bridgehead atoms. The summed E-state index contributed by atoms with van der Waals surface area (Å²) in [4.78, 5) is 24.4. The highest BCUT2D eigenvalue weighted by Crippen LogP contribution is 2.41. The number of halogens is 1. The van der Waals surface area contributed by atoms with Crippen LogP contribution in [0.1, 0.15) is 24.9 Å². The summed E-state index contributed by atoms with van der Waals surface area (Å²) in [7, 11) is 0. The number of fused-ring (bicyclic) bond motifs is 1. The lowest BCUT2D eigenvalue weighted by molar-refractivity contribution is -0.139. The van der Waals surface area contributed by atoms with Crippen molar-refractivity contribution in [1.29, 1.82) is 5.26 Å². The molecule has 0 aromatic heterocycles. The minimum Gasteiger partial charge on any atom is -0.461 e. The van der Waals surface area contributed by atoms with Gasteiger partial charge in [0.15, 0.2) is 11.5 Å². The lowest BCUT2D eigenvalue weighted by atomic mass is 9.95. The zero-order chi connectivity index (χ0) is 18.0. The Morgan fingerprint density at radius 1 is 1.44 bits per heavy atom. The molecule has 0 unspecified atom stereocenters. The minimum atomic E-state index is -0.729. The van der Waals surface area contributed by atoms with Crippen LogP contribution in [0.2, 0.25) is 0 Å². The van der Waals surface area contributed by atoms with E-state index in [2.05, 4.69) is 26.6 Å². The van der Waals surface area contributed by atoms with Crippen molar-refractivity contribution < 1.29 is 23.8 Å². The molecule has 2 N–H and O–H groups in total. The Morgan fingerprint density at radius 2 is 2.16 bits per heavy atom. The third-order valence-corrected chi connectivity index (χ3v) is 4.43. The van der Waals surface area contributed by atoms with Crippen molar-refractivity contribution in [2.75, 3.05) is 13.4 Å². The molecule has 2 heterocycles. The molecular formula is C16H14BrN3O5. The number of benzene rings is 1. The molecule has 3 rings (SSSR count). The van der Waals surface area contributed by atoms with E-state index in [1.807, 2.05) is 6.07 Å². The van der Waals surface area contributed by atoms with Gasteiger partial charge in [-0.25, -0.2) is 9.59 Å². The number of nitriles is 1. The summed E-state index contributed by atoms with van der Waals surface area (Å²) in [5, 5.41) is 13.9. The van der Waals surface area contributed by atoms with Gasteiger partial charge < -0.3 is 24.8 Å². The van der Waals surface area contributed by atoms with E-state index in [-0.39, 0.29) is 25.4 Å². The Labute approximate surface area is 151 Å². The smallest absolute Gasteiger partial charge is 0.338 e. The first-order valence-corrected chi connectivity index (χ1v) is 8.22. The zero-order valence-corrected chi connectivity index (χ0v) is 14.8. The van der Waals surface area contributed by atoms with Gasteiger partial charge in [0.05, 0.1) is 24.1 Å². The molecule has 0 saturated carbocycles. The van der Waals surface area contributed by atoms with E-state index < -0.39 is 18.0 Å². The number of allylic oxidation sites excluding steroid dienone is 1. The molecule has 0 aliphatic carbocycles. The predicted molar refractivity (Wildman–Crippen MR) is 88.6 cm³/mol. The van der Waals surface area contributed by atoms with Crippen LogP contribution in [0.3, 0.4) is 0 Å². The number of carbonyl (C=O) groups is 2. The second kappa shape index (κ2) is 7.03. The highest BCUT2D eigenvalue weighted by Gasteiger charge is 2.34. The van der Waals surface area contributed by atoms with Gasteiger partial charge in [0.1, 0.15) is 6.61 Å². The predicted octanol–water partition coefficient (Wildman–Crippen LogP) is 2.26. The number of hydrogen-bond donors (Lipinski definition) is 2. The number of rotatable bonds is 4. The number of ether oxygens (including phenoxy) is 3. The lowest BCUT2D eigenvalue weighted by Crippen LogP contribution is -2.45. The summed E-state index contributed by atoms with van der Waals surface area (Å²) >= 11 is 3.44. The van der Waals surface area contributed by atoms with Gasteiger partial charge in [0.2, 0.25) is 6.79 Å². The van der Waals surface area contributed by atoms with Crippen LogP contribution in [0.25, 0.3) is 0 Å². The van der Waals surface area contributed by atoms with E-state index in [1.54, 1.807) is 19.1 Å². The fourth-order valence-corrected chi connectivity index (χ4v) is 3.17. The number of esters is 1. The van der Waals surface area contributed by atoms with E-state index in [0.29, 0.717) is 27.2 Å². The van der Waals surface area contributed by atoms with E-state index in [0.717, 1.165) is 0 Å². The highest BCUT2D eigenvalue weighted by atomic mass is 79.9. The summed E-state index contributed by atoms with van der Waals surface area (Å²) in [6.45, 7) is 1.71. The molecule has 130 valence electrons. The molecule has 8 nitrogen and oxygen atoms in total. The molecular weight excluding hydrogens is 394 g/mol. The van der Waals surface area contributed by atoms with Crippen LogP contribution in [0.4, 0.5) is 4.79 Å². The molecule has 9 heteroatoms. The van der Waals surface area contributed by atoms with Crippen molar-refractivity contribution in [3.8, 4) is 17.6 Å². The van der Waals surface area contributed by atoms with Crippen molar-refractivity contribution in [3.05, 3.63) is 33.4 Å². The van der Waals surface area contributed by atoms with E-state index in [1.165, 1.54) is 0 Å². The van der Waals surface area contributed by atoms with Crippen LogP contribution in [0.5, 0.6) is 11.5 Å². The number of hydrogen-bond acceptors (Lipinski definition) is 6. The second-order valence-electron chi connectivity index (χ2n) is 5.34. The largest absolute Gasteiger partial charge is 0.461 e. The first-order valence-electron chi connectivity index (χ1n) is 7.42. The molecule has 1 atom stereocenters. The average Bonchev–Trinajstić information content (AvgIpc) is 3.00. The Hall–Kier alpha value is -2.73. The Morgan fingerprint density at radius 3 is 2.88 bits per heavy atom. The monoisotopic (exact) mass is 407 g/mol. The fourth-order valence-electron chi connectivity index (χ4n) is 2.62. The van der Waals surface area contributed by atoms with Crippen molar-refractivity contribution in [2.45, 2.75) is 19.4 Å². The Kier molecular flexibility index (Phi) is 4.81. The molecule has 25 heavy (non-hydrogen) atoms. The summed E-state index contributed by atoms with van der Waals surface area (Å²) in [5.74, 6) is 0.505. The Bertz CT molecular complexity index is 815. The highest BCUT2D eigenvalue weighted by molar-refractivity contribution is 9.10. The third-order valence-electron chi connectivity index (χ3n) is 3.74. The maximum absolute atomic E-state index is 12.5. The van der Waals surface area contributed by atoms with Crippen LogP contribution in [-0.2, 0) is 9.53 Å². The number of nitrogens with zero attached hydrogens (tertiary/aromatic N) is 1. The van der Waals surface area contributed by atoms with Gasteiger partial charge in [-0.3, -0.25) is 0 Å². The molecule has 1 aromatic carbocycles. The van der Waals surface area contributed by atoms with Gasteiger partial charge in [-0.1, -0.05) is 15.9 Å². The van der Waals surface area contributed by atoms with E-state index in [4.69, 9.17) is 19.5 Å². The van der Waals surface area contributed by atoms with Gasteiger partial charge in [-0.15, -0.1) is 0 Å². The van der Waals surface area contributed by atoms with Gasteiger partial charge in [0.25, 0.3) is 0 Å². The molecule has 2 aliphatic rings. The van der Waals surface area contributed by atoms with Crippen molar-refractivity contribution in [2.24, 2.45) is 0 Å². The van der Waals surface area contributed by atoms with Gasteiger partial charge in [0, 0.05) is 10.2 Å². The topological polar surface area (TPSA) is 110 Å². The average molecular weight is 408 g/mol. The standard InChI is InChI=1S/C16H14BrN3O5/c1-8-13(15(21)23-4-2-3-18)14(20-16(22)19-8)9-5-11-12(6-10(9)17)25-7-24-11/h5-6,14H,2,4,7H2,1H3,(H2,19,20,22)/t14-/m0/s1. The Balaban J connectivity index is 1.98. The van der Waals surface area contributed by atoms with Crippen LogP contribution >= 0.6 is 15.9 Å². The molecule has 0 fully saturated rings. The molecule has 0 saturated heterocycles. The lowest BCUT2D eigenvalue weighted by Gasteiger charge is -2.28. The van der Waals surface area contributed by atoms with Crippen LogP contribution in [0, 0.1) is 11.3 Å².